The summed E-state index contributed by atoms with van der Waals surface area (Å²) in [6, 6.07) is 12.9. The molecule has 5 N–H and O–H groups in total. The number of anilines is 1. The third kappa shape index (κ3) is 6.96. The fourth-order valence-corrected chi connectivity index (χ4v) is 5.75. The molecule has 2 atom stereocenters. The number of benzene rings is 2. The van der Waals surface area contributed by atoms with E-state index in [9.17, 15) is 24.0 Å². The lowest BCUT2D eigenvalue weighted by Gasteiger charge is -2.31. The van der Waals surface area contributed by atoms with Crippen molar-refractivity contribution in [2.45, 2.75) is 44.2 Å². The summed E-state index contributed by atoms with van der Waals surface area (Å²) in [5.41, 5.74) is 1.39. The van der Waals surface area contributed by atoms with E-state index in [1.165, 1.54) is 4.90 Å². The van der Waals surface area contributed by atoms with Crippen LogP contribution in [0.5, 0.6) is 5.75 Å². The topological polar surface area (TPSA) is 162 Å². The van der Waals surface area contributed by atoms with Gasteiger partial charge in [0.2, 0.25) is 11.7 Å². The number of nitrogens with zero attached hydrogens (tertiary/aromatic N) is 1. The van der Waals surface area contributed by atoms with Gasteiger partial charge in [0.15, 0.2) is 0 Å². The number of Topliss-reactive ketones (excluding diaryl/α,β-unsaturated/α-hetero) is 1. The van der Waals surface area contributed by atoms with Crippen molar-refractivity contribution in [3.05, 3.63) is 60.3 Å². The summed E-state index contributed by atoms with van der Waals surface area (Å²) >= 11 is 0. The van der Waals surface area contributed by atoms with Crippen molar-refractivity contribution in [1.29, 1.82) is 0 Å². The van der Waals surface area contributed by atoms with Gasteiger partial charge in [-0.1, -0.05) is 43.5 Å². The normalized spacial score (nSPS) is 16.7. The number of methoxy groups -OCH3 is 1. The molecular weight excluding hydrogens is 552 g/mol. The Morgan fingerprint density at radius 3 is 2.47 bits per heavy atom. The number of carbonyl (C=O) groups excluding carboxylic acids is 5. The summed E-state index contributed by atoms with van der Waals surface area (Å²) in [5.74, 6) is -2.43. The highest BCUT2D eigenvalue weighted by Crippen LogP contribution is 2.28. The van der Waals surface area contributed by atoms with Gasteiger partial charge in [-0.15, -0.1) is 0 Å². The van der Waals surface area contributed by atoms with Gasteiger partial charge in [-0.25, -0.2) is 4.79 Å². The lowest BCUT2D eigenvalue weighted by atomic mass is 9.83. The maximum absolute atomic E-state index is 13.9. The van der Waals surface area contributed by atoms with Crippen LogP contribution >= 0.6 is 0 Å². The molecule has 2 fully saturated rings. The standard InChI is InChI=1S/C31H36N6O6/c1-43-25-14-8-13-22-21(25)17-23(34-22)28(39)36-26(19-9-4-2-5-10-19)29(40)35-24(18-37-16-15-32-31(37)42)27(38)30(41)33-20-11-6-3-7-12-20/h3,6-8,11-14,17,19,24,26,34H,2,4-5,9-10,15-16,18H2,1H3,(H,32,42)(H,33,41)(H,35,40)(H,36,39)/t24?,26-/m0/s1. The highest BCUT2D eigenvalue weighted by atomic mass is 16.5. The van der Waals surface area contributed by atoms with Crippen molar-refractivity contribution < 1.29 is 28.7 Å². The van der Waals surface area contributed by atoms with E-state index in [-0.39, 0.29) is 24.2 Å². The number of amides is 5. The molecule has 12 heteroatoms. The van der Waals surface area contributed by atoms with Crippen LogP contribution in [-0.2, 0) is 14.4 Å². The zero-order chi connectivity index (χ0) is 30.3. The molecule has 3 aromatic rings. The molecule has 43 heavy (non-hydrogen) atoms. The van der Waals surface area contributed by atoms with Gasteiger partial charge >= 0.3 is 6.03 Å². The van der Waals surface area contributed by atoms with Crippen molar-refractivity contribution in [2.24, 2.45) is 5.92 Å². The Balaban J connectivity index is 1.37. The Morgan fingerprint density at radius 2 is 1.77 bits per heavy atom. The minimum Gasteiger partial charge on any atom is -0.496 e. The molecule has 5 amide bonds. The van der Waals surface area contributed by atoms with Gasteiger partial charge in [0.25, 0.3) is 11.8 Å². The minimum absolute atomic E-state index is 0.166. The van der Waals surface area contributed by atoms with Gasteiger partial charge in [-0.05, 0) is 49.1 Å². The Morgan fingerprint density at radius 1 is 1.00 bits per heavy atom. The molecule has 12 nitrogen and oxygen atoms in total. The average molecular weight is 589 g/mol. The van der Waals surface area contributed by atoms with Gasteiger partial charge in [-0.2, -0.15) is 0 Å². The van der Waals surface area contributed by atoms with Gasteiger partial charge in [0.05, 0.1) is 13.7 Å². The van der Waals surface area contributed by atoms with Gasteiger partial charge < -0.3 is 35.9 Å². The maximum atomic E-state index is 13.9. The van der Waals surface area contributed by atoms with Crippen LogP contribution in [0.4, 0.5) is 10.5 Å². The molecule has 1 aliphatic heterocycles. The predicted octanol–water partition coefficient (Wildman–Crippen LogP) is 2.57. The Kier molecular flexibility index (Phi) is 9.23. The number of urea groups is 1. The van der Waals surface area contributed by atoms with E-state index >= 15 is 0 Å². The molecule has 0 bridgehead atoms. The largest absolute Gasteiger partial charge is 0.496 e. The number of rotatable bonds is 11. The molecule has 0 radical (unpaired) electrons. The van der Waals surface area contributed by atoms with E-state index in [2.05, 4.69) is 26.3 Å². The van der Waals surface area contributed by atoms with Crippen LogP contribution in [0.25, 0.3) is 10.9 Å². The molecule has 1 aliphatic carbocycles. The van der Waals surface area contributed by atoms with Gasteiger partial charge in [0, 0.05) is 29.7 Å². The molecule has 5 rings (SSSR count). The van der Waals surface area contributed by atoms with Crippen molar-refractivity contribution in [2.75, 3.05) is 32.1 Å². The SMILES string of the molecule is COc1cccc2[nH]c(C(=O)N[C@H](C(=O)NC(CN3CCNC3=O)C(=O)C(=O)Nc3ccccc3)C3CCCCC3)cc12. The number of para-hydroxylation sites is 1. The molecule has 1 unspecified atom stereocenters. The number of carbonyl (C=O) groups is 5. The minimum atomic E-state index is -1.32. The lowest BCUT2D eigenvalue weighted by Crippen LogP contribution is -2.58. The van der Waals surface area contributed by atoms with Crippen LogP contribution in [-0.4, -0.2) is 78.2 Å². The molecule has 1 saturated heterocycles. The van der Waals surface area contributed by atoms with E-state index in [0.717, 1.165) is 37.5 Å². The number of aromatic amines is 1. The second-order valence-electron chi connectivity index (χ2n) is 10.9. The zero-order valence-electron chi connectivity index (χ0n) is 24.0. The van der Waals surface area contributed by atoms with Crippen LogP contribution in [0.2, 0.25) is 0 Å². The first kappa shape index (κ1) is 29.6. The highest BCUT2D eigenvalue weighted by Gasteiger charge is 2.37. The highest BCUT2D eigenvalue weighted by molar-refractivity contribution is 6.42. The summed E-state index contributed by atoms with van der Waals surface area (Å²) in [6.45, 7) is 0.525. The van der Waals surface area contributed by atoms with E-state index in [1.54, 1.807) is 49.6 Å². The predicted molar refractivity (Wildman–Crippen MR) is 160 cm³/mol. The van der Waals surface area contributed by atoms with E-state index in [4.69, 9.17) is 4.74 Å². The molecule has 2 aromatic carbocycles. The van der Waals surface area contributed by atoms with E-state index in [1.807, 2.05) is 12.1 Å². The number of nitrogens with one attached hydrogen (secondary N) is 5. The Labute approximate surface area is 248 Å². The molecule has 2 aliphatic rings. The number of hydrogen-bond donors (Lipinski definition) is 5. The number of ether oxygens (including phenoxy) is 1. The van der Waals surface area contributed by atoms with Crippen molar-refractivity contribution >= 4 is 46.1 Å². The van der Waals surface area contributed by atoms with Gasteiger partial charge in [0.1, 0.15) is 23.5 Å². The second-order valence-corrected chi connectivity index (χ2v) is 10.9. The fraction of sp³-hybridized carbons (Fsp3) is 0.387. The number of ketones is 1. The first-order chi connectivity index (χ1) is 20.8. The van der Waals surface area contributed by atoms with Gasteiger partial charge in [-0.3, -0.25) is 19.2 Å². The number of hydrogen-bond acceptors (Lipinski definition) is 6. The third-order valence-electron chi connectivity index (χ3n) is 8.02. The Bertz CT molecular complexity index is 1500. The molecule has 1 aromatic heterocycles. The van der Waals surface area contributed by atoms with E-state index in [0.29, 0.717) is 30.0 Å². The van der Waals surface area contributed by atoms with Crippen LogP contribution < -0.4 is 26.0 Å². The van der Waals surface area contributed by atoms with Crippen LogP contribution in [0.3, 0.4) is 0 Å². The summed E-state index contributed by atoms with van der Waals surface area (Å²) in [7, 11) is 1.55. The number of fused-ring (bicyclic) bond motifs is 1. The molecule has 226 valence electrons. The smallest absolute Gasteiger partial charge is 0.317 e. The van der Waals surface area contributed by atoms with Crippen molar-refractivity contribution in [3.8, 4) is 5.75 Å². The quantitative estimate of drug-likeness (QED) is 0.216. The first-order valence-corrected chi connectivity index (χ1v) is 14.5. The van der Waals surface area contributed by atoms with Crippen LogP contribution in [0.15, 0.2) is 54.6 Å². The van der Waals surface area contributed by atoms with Crippen LogP contribution in [0, 0.1) is 5.92 Å². The van der Waals surface area contributed by atoms with E-state index < -0.39 is 35.6 Å². The van der Waals surface area contributed by atoms with Crippen molar-refractivity contribution in [3.63, 3.8) is 0 Å². The zero-order valence-corrected chi connectivity index (χ0v) is 24.0. The molecule has 1 saturated carbocycles. The average Bonchev–Trinajstić information content (AvgIpc) is 3.65. The number of aromatic nitrogens is 1. The molecule has 0 spiro atoms. The fourth-order valence-electron chi connectivity index (χ4n) is 5.75. The van der Waals surface area contributed by atoms with Crippen molar-refractivity contribution in [1.82, 2.24) is 25.8 Å². The maximum Gasteiger partial charge on any atom is 0.317 e. The summed E-state index contributed by atoms with van der Waals surface area (Å²) in [5, 5.41) is 11.6. The Hall–Kier alpha value is -4.87. The third-order valence-corrected chi connectivity index (χ3v) is 8.02. The summed E-state index contributed by atoms with van der Waals surface area (Å²) in [4.78, 5) is 70.4. The van der Waals surface area contributed by atoms with Crippen LogP contribution in [0.1, 0.15) is 42.6 Å². The number of H-pyrrole nitrogens is 1. The lowest BCUT2D eigenvalue weighted by molar-refractivity contribution is -0.138. The first-order valence-electron chi connectivity index (χ1n) is 14.5. The monoisotopic (exact) mass is 588 g/mol. The second kappa shape index (κ2) is 13.4. The summed E-state index contributed by atoms with van der Waals surface area (Å²) in [6.07, 6.45) is 4.29. The molecular formula is C31H36N6O6. The molecule has 2 heterocycles. The summed E-state index contributed by atoms with van der Waals surface area (Å²) < 4.78 is 5.41.